The minimum Gasteiger partial charge on any atom is -0.361 e. The lowest BCUT2D eigenvalue weighted by Crippen LogP contribution is -2.43. The highest BCUT2D eigenvalue weighted by Gasteiger charge is 2.39. The first kappa shape index (κ1) is 14.4. The van der Waals surface area contributed by atoms with Crippen molar-refractivity contribution in [2.24, 2.45) is 9.98 Å². The highest BCUT2D eigenvalue weighted by atomic mass is 16.3. The van der Waals surface area contributed by atoms with Gasteiger partial charge < -0.3 is 5.11 Å². The average molecular weight is 292 g/mol. The number of rotatable bonds is 3. The van der Waals surface area contributed by atoms with E-state index in [1.165, 1.54) is 0 Å². The van der Waals surface area contributed by atoms with E-state index in [1.54, 1.807) is 6.92 Å². The number of carbonyl (C=O) groups excluding carboxylic acids is 1. The molecule has 0 saturated heterocycles. The molecule has 0 saturated carbocycles. The fourth-order valence-corrected chi connectivity index (χ4v) is 2.47. The number of nitrogens with zero attached hydrogens (tertiary/aromatic N) is 2. The number of amides is 1. The van der Waals surface area contributed by atoms with Gasteiger partial charge in [0.15, 0.2) is 0 Å². The molecule has 0 aromatic heterocycles. The molecule has 2 aromatic carbocycles. The summed E-state index contributed by atoms with van der Waals surface area (Å²) in [7, 11) is 0. The molecule has 1 unspecified atom stereocenters. The third-order valence-corrected chi connectivity index (χ3v) is 3.59. The van der Waals surface area contributed by atoms with Crippen molar-refractivity contribution in [1.29, 1.82) is 0 Å². The van der Waals surface area contributed by atoms with E-state index in [0.29, 0.717) is 11.4 Å². The second-order valence-electron chi connectivity index (χ2n) is 5.31. The van der Waals surface area contributed by atoms with Crippen LogP contribution in [0.1, 0.15) is 18.1 Å². The Balaban J connectivity index is 2.00. The first-order valence-corrected chi connectivity index (χ1v) is 7.10. The van der Waals surface area contributed by atoms with Crippen LogP contribution in [0.25, 0.3) is 0 Å². The SMILES string of the molecule is CC1=NC(=O)C(O)(Cc2ccccc2)N=C1c1ccccc1. The predicted molar refractivity (Wildman–Crippen MR) is 86.2 cm³/mol. The first-order valence-electron chi connectivity index (χ1n) is 7.10. The van der Waals surface area contributed by atoms with Crippen molar-refractivity contribution >= 4 is 17.3 Å². The van der Waals surface area contributed by atoms with Gasteiger partial charge in [-0.15, -0.1) is 0 Å². The van der Waals surface area contributed by atoms with Crippen molar-refractivity contribution in [3.63, 3.8) is 0 Å². The molecule has 0 fully saturated rings. The van der Waals surface area contributed by atoms with Crippen molar-refractivity contribution in [2.45, 2.75) is 19.1 Å². The van der Waals surface area contributed by atoms with E-state index < -0.39 is 11.6 Å². The number of carbonyl (C=O) groups is 1. The molecule has 4 heteroatoms. The van der Waals surface area contributed by atoms with Crippen LogP contribution in [-0.2, 0) is 11.2 Å². The second-order valence-corrected chi connectivity index (χ2v) is 5.31. The van der Waals surface area contributed by atoms with Crippen molar-refractivity contribution in [3.8, 4) is 0 Å². The molecule has 0 aliphatic carbocycles. The zero-order chi connectivity index (χ0) is 15.6. The van der Waals surface area contributed by atoms with Crippen LogP contribution in [0.3, 0.4) is 0 Å². The second kappa shape index (κ2) is 5.66. The first-order chi connectivity index (χ1) is 10.6. The van der Waals surface area contributed by atoms with E-state index in [0.717, 1.165) is 11.1 Å². The summed E-state index contributed by atoms with van der Waals surface area (Å²) >= 11 is 0. The van der Waals surface area contributed by atoms with Crippen LogP contribution in [-0.4, -0.2) is 28.2 Å². The summed E-state index contributed by atoms with van der Waals surface area (Å²) in [5.41, 5.74) is 0.908. The molecule has 0 spiro atoms. The smallest absolute Gasteiger partial charge is 0.301 e. The molecule has 1 aliphatic heterocycles. The van der Waals surface area contributed by atoms with E-state index in [9.17, 15) is 9.90 Å². The largest absolute Gasteiger partial charge is 0.361 e. The Morgan fingerprint density at radius 3 is 2.23 bits per heavy atom. The van der Waals surface area contributed by atoms with Gasteiger partial charge >= 0.3 is 5.91 Å². The van der Waals surface area contributed by atoms with Crippen LogP contribution in [0.2, 0.25) is 0 Å². The van der Waals surface area contributed by atoms with Gasteiger partial charge in [0.1, 0.15) is 0 Å². The molecule has 0 bridgehead atoms. The number of hydrogen-bond donors (Lipinski definition) is 1. The molecule has 22 heavy (non-hydrogen) atoms. The van der Waals surface area contributed by atoms with Gasteiger partial charge in [-0.3, -0.25) is 4.79 Å². The van der Waals surface area contributed by atoms with Gasteiger partial charge in [-0.05, 0) is 12.5 Å². The van der Waals surface area contributed by atoms with Gasteiger partial charge in [0.05, 0.1) is 11.4 Å². The van der Waals surface area contributed by atoms with E-state index >= 15 is 0 Å². The fourth-order valence-electron chi connectivity index (χ4n) is 2.47. The maximum absolute atomic E-state index is 12.2. The molecule has 0 radical (unpaired) electrons. The van der Waals surface area contributed by atoms with E-state index in [2.05, 4.69) is 9.98 Å². The summed E-state index contributed by atoms with van der Waals surface area (Å²) in [6.07, 6.45) is 0.111. The van der Waals surface area contributed by atoms with Crippen LogP contribution < -0.4 is 0 Å². The van der Waals surface area contributed by atoms with Crippen LogP contribution in [0.5, 0.6) is 0 Å². The monoisotopic (exact) mass is 292 g/mol. The molecule has 1 aliphatic rings. The lowest BCUT2D eigenvalue weighted by atomic mass is 9.98. The summed E-state index contributed by atoms with van der Waals surface area (Å²) in [4.78, 5) is 20.5. The topological polar surface area (TPSA) is 62.0 Å². The Morgan fingerprint density at radius 1 is 1.00 bits per heavy atom. The van der Waals surface area contributed by atoms with Gasteiger partial charge in [-0.2, -0.15) is 0 Å². The molecule has 2 aromatic rings. The van der Waals surface area contributed by atoms with Crippen molar-refractivity contribution in [1.82, 2.24) is 0 Å². The van der Waals surface area contributed by atoms with E-state index in [1.807, 2.05) is 60.7 Å². The quantitative estimate of drug-likeness (QED) is 0.944. The number of aliphatic hydroxyl groups is 1. The average Bonchev–Trinajstić information content (AvgIpc) is 2.53. The number of hydrogen-bond acceptors (Lipinski definition) is 3. The minimum absolute atomic E-state index is 0.111. The van der Waals surface area contributed by atoms with Crippen molar-refractivity contribution in [3.05, 3.63) is 71.8 Å². The third-order valence-electron chi connectivity index (χ3n) is 3.59. The molecule has 1 amide bonds. The van der Waals surface area contributed by atoms with Gasteiger partial charge in [0.25, 0.3) is 0 Å². The van der Waals surface area contributed by atoms with Crippen LogP contribution in [0, 0.1) is 0 Å². The Kier molecular flexibility index (Phi) is 3.69. The standard InChI is InChI=1S/C18H16N2O2/c1-13-16(15-10-6-3-7-11-15)20-18(22,17(21)19-13)12-14-8-4-2-5-9-14/h2-11,22H,12H2,1H3. The van der Waals surface area contributed by atoms with E-state index in [4.69, 9.17) is 0 Å². The molecule has 1 atom stereocenters. The molecule has 110 valence electrons. The van der Waals surface area contributed by atoms with Crippen LogP contribution in [0.4, 0.5) is 0 Å². The Hall–Kier alpha value is -2.59. The third kappa shape index (κ3) is 2.73. The summed E-state index contributed by atoms with van der Waals surface area (Å²) < 4.78 is 0. The highest BCUT2D eigenvalue weighted by Crippen LogP contribution is 2.23. The summed E-state index contributed by atoms with van der Waals surface area (Å²) in [5, 5.41) is 10.7. The van der Waals surface area contributed by atoms with Gasteiger partial charge in [0.2, 0.25) is 5.72 Å². The normalized spacial score (nSPS) is 21.3. The van der Waals surface area contributed by atoms with Crippen LogP contribution >= 0.6 is 0 Å². The van der Waals surface area contributed by atoms with E-state index in [-0.39, 0.29) is 6.42 Å². The molecule has 3 rings (SSSR count). The van der Waals surface area contributed by atoms with Gasteiger partial charge in [-0.1, -0.05) is 60.7 Å². The van der Waals surface area contributed by atoms with Crippen molar-refractivity contribution < 1.29 is 9.90 Å². The fraction of sp³-hybridized carbons (Fsp3) is 0.167. The van der Waals surface area contributed by atoms with Crippen LogP contribution in [0.15, 0.2) is 70.6 Å². The van der Waals surface area contributed by atoms with Crippen molar-refractivity contribution in [2.75, 3.05) is 0 Å². The lowest BCUT2D eigenvalue weighted by molar-refractivity contribution is -0.135. The number of benzene rings is 2. The Morgan fingerprint density at radius 2 is 1.59 bits per heavy atom. The maximum atomic E-state index is 12.2. The summed E-state index contributed by atoms with van der Waals surface area (Å²) in [6.45, 7) is 1.73. The zero-order valence-electron chi connectivity index (χ0n) is 12.2. The van der Waals surface area contributed by atoms with Gasteiger partial charge in [0, 0.05) is 12.0 Å². The zero-order valence-corrected chi connectivity index (χ0v) is 12.2. The molecular weight excluding hydrogens is 276 g/mol. The molecule has 1 N–H and O–H groups in total. The molecule has 4 nitrogen and oxygen atoms in total. The Bertz CT molecular complexity index is 751. The highest BCUT2D eigenvalue weighted by molar-refractivity contribution is 6.50. The Labute approximate surface area is 128 Å². The predicted octanol–water partition coefficient (Wildman–Crippen LogP) is 2.41. The maximum Gasteiger partial charge on any atom is 0.301 e. The number of aliphatic imine (C=N–C) groups is 2. The summed E-state index contributed by atoms with van der Waals surface area (Å²) in [6, 6.07) is 18.8. The summed E-state index contributed by atoms with van der Waals surface area (Å²) in [5.74, 6) is -0.617. The molecular formula is C18H16N2O2. The minimum atomic E-state index is -1.84. The van der Waals surface area contributed by atoms with Gasteiger partial charge in [-0.25, -0.2) is 9.98 Å². The lowest BCUT2D eigenvalue weighted by Gasteiger charge is -2.25. The molecule has 1 heterocycles.